The summed E-state index contributed by atoms with van der Waals surface area (Å²) in [5, 5.41) is 0. The van der Waals surface area contributed by atoms with Crippen molar-refractivity contribution in [2.24, 2.45) is 5.92 Å². The molecule has 0 fully saturated rings. The third-order valence-corrected chi connectivity index (χ3v) is 5.90. The second-order valence-electron chi connectivity index (χ2n) is 8.54. The zero-order chi connectivity index (χ0) is 18.4. The molecule has 0 amide bonds. The molecule has 0 saturated carbocycles. The van der Waals surface area contributed by atoms with E-state index in [4.69, 9.17) is 0 Å². The van der Waals surface area contributed by atoms with E-state index >= 15 is 0 Å². The Bertz CT molecular complexity index is 206. The molecule has 0 aromatic carbocycles. The fourth-order valence-electron chi connectivity index (χ4n) is 4.07. The molecule has 0 heteroatoms. The lowest BCUT2D eigenvalue weighted by Crippen LogP contribution is -2.01. The van der Waals surface area contributed by atoms with Crippen molar-refractivity contribution in [3.05, 3.63) is 0 Å². The first kappa shape index (κ1) is 25.0. The summed E-state index contributed by atoms with van der Waals surface area (Å²) in [6.45, 7) is 6.95. The van der Waals surface area contributed by atoms with Gasteiger partial charge in [-0.05, 0) is 5.92 Å². The quantitative estimate of drug-likeness (QED) is 0.180. The number of hydrogen-bond donors (Lipinski definition) is 0. The predicted octanol–water partition coefficient (Wildman–Crippen LogP) is 9.85. The standard InChI is InChI=1S/C25H52/c1-4-7-10-13-14-15-18-21-24-25(22-19-16-11-8-5-2)23-20-17-12-9-6-3/h25H,4-24H2,1-3H3. The van der Waals surface area contributed by atoms with Gasteiger partial charge in [-0.15, -0.1) is 0 Å². The van der Waals surface area contributed by atoms with Crippen LogP contribution in [0.15, 0.2) is 0 Å². The normalized spacial score (nSPS) is 11.5. The maximum atomic E-state index is 2.32. The fraction of sp³-hybridized carbons (Fsp3) is 1.00. The molecule has 0 aliphatic heterocycles. The van der Waals surface area contributed by atoms with E-state index in [2.05, 4.69) is 20.8 Å². The minimum Gasteiger partial charge on any atom is -0.0654 e. The Hall–Kier alpha value is 0. The van der Waals surface area contributed by atoms with Crippen molar-refractivity contribution in [1.29, 1.82) is 0 Å². The smallest absolute Gasteiger partial charge is 0.0414 e. The van der Waals surface area contributed by atoms with Crippen molar-refractivity contribution < 1.29 is 0 Å². The van der Waals surface area contributed by atoms with Crippen LogP contribution in [0.5, 0.6) is 0 Å². The minimum atomic E-state index is 1.04. The molecular formula is C25H52. The Morgan fingerprint density at radius 2 is 0.560 bits per heavy atom. The zero-order valence-electron chi connectivity index (χ0n) is 18.4. The summed E-state index contributed by atoms with van der Waals surface area (Å²) in [4.78, 5) is 0. The highest BCUT2D eigenvalue weighted by Gasteiger charge is 2.08. The van der Waals surface area contributed by atoms with Crippen molar-refractivity contribution in [3.8, 4) is 0 Å². The molecule has 0 saturated heterocycles. The van der Waals surface area contributed by atoms with Crippen LogP contribution in [0.3, 0.4) is 0 Å². The molecule has 152 valence electrons. The van der Waals surface area contributed by atoms with E-state index in [-0.39, 0.29) is 0 Å². The monoisotopic (exact) mass is 352 g/mol. The summed E-state index contributed by atoms with van der Waals surface area (Å²) in [5.74, 6) is 1.04. The molecule has 0 unspecified atom stereocenters. The summed E-state index contributed by atoms with van der Waals surface area (Å²) in [5.41, 5.74) is 0. The molecule has 0 bridgehead atoms. The van der Waals surface area contributed by atoms with Crippen LogP contribution in [-0.4, -0.2) is 0 Å². The van der Waals surface area contributed by atoms with Gasteiger partial charge in [0.25, 0.3) is 0 Å². The van der Waals surface area contributed by atoms with Gasteiger partial charge < -0.3 is 0 Å². The van der Waals surface area contributed by atoms with Gasteiger partial charge in [0.05, 0.1) is 0 Å². The summed E-state index contributed by atoms with van der Waals surface area (Å²) < 4.78 is 0. The molecule has 0 aromatic rings. The van der Waals surface area contributed by atoms with Crippen molar-refractivity contribution in [3.63, 3.8) is 0 Å². The maximum Gasteiger partial charge on any atom is -0.0414 e. The lowest BCUT2D eigenvalue weighted by Gasteiger charge is -2.17. The average Bonchev–Trinajstić information content (AvgIpc) is 2.62. The van der Waals surface area contributed by atoms with E-state index in [0.717, 1.165) is 5.92 Å². The van der Waals surface area contributed by atoms with E-state index in [1.807, 2.05) is 0 Å². The molecule has 0 radical (unpaired) electrons. The third-order valence-electron chi connectivity index (χ3n) is 5.90. The van der Waals surface area contributed by atoms with E-state index in [0.29, 0.717) is 0 Å². The van der Waals surface area contributed by atoms with Crippen LogP contribution in [-0.2, 0) is 0 Å². The maximum absolute atomic E-state index is 2.32. The first-order valence-corrected chi connectivity index (χ1v) is 12.3. The molecule has 0 spiro atoms. The molecule has 0 heterocycles. The Morgan fingerprint density at radius 3 is 0.840 bits per heavy atom. The van der Waals surface area contributed by atoms with E-state index in [1.165, 1.54) is 135 Å². The Morgan fingerprint density at radius 1 is 0.320 bits per heavy atom. The highest BCUT2D eigenvalue weighted by atomic mass is 14.1. The van der Waals surface area contributed by atoms with Gasteiger partial charge >= 0.3 is 0 Å². The molecule has 0 rings (SSSR count). The largest absolute Gasteiger partial charge is 0.0654 e. The summed E-state index contributed by atoms with van der Waals surface area (Å²) >= 11 is 0. The number of hydrogen-bond acceptors (Lipinski definition) is 0. The van der Waals surface area contributed by atoms with E-state index in [1.54, 1.807) is 0 Å². The van der Waals surface area contributed by atoms with Crippen LogP contribution >= 0.6 is 0 Å². The van der Waals surface area contributed by atoms with Gasteiger partial charge in [0.2, 0.25) is 0 Å². The molecule has 0 aliphatic rings. The van der Waals surface area contributed by atoms with Gasteiger partial charge in [0, 0.05) is 0 Å². The van der Waals surface area contributed by atoms with Crippen LogP contribution in [0.4, 0.5) is 0 Å². The number of rotatable bonds is 21. The topological polar surface area (TPSA) is 0 Å². The molecule has 0 nitrogen and oxygen atoms in total. The van der Waals surface area contributed by atoms with Gasteiger partial charge in [-0.3, -0.25) is 0 Å². The number of unbranched alkanes of at least 4 members (excludes halogenated alkanes) is 15. The Balaban J connectivity index is 3.71. The minimum absolute atomic E-state index is 1.04. The zero-order valence-corrected chi connectivity index (χ0v) is 18.4. The van der Waals surface area contributed by atoms with Crippen molar-refractivity contribution in [2.45, 2.75) is 156 Å². The van der Waals surface area contributed by atoms with Crippen LogP contribution in [0, 0.1) is 5.92 Å². The molecule has 0 atom stereocenters. The van der Waals surface area contributed by atoms with E-state index < -0.39 is 0 Å². The molecule has 0 aliphatic carbocycles. The lowest BCUT2D eigenvalue weighted by molar-refractivity contribution is 0.366. The van der Waals surface area contributed by atoms with E-state index in [9.17, 15) is 0 Å². The third kappa shape index (κ3) is 20.2. The van der Waals surface area contributed by atoms with Gasteiger partial charge in [-0.1, -0.05) is 156 Å². The second-order valence-corrected chi connectivity index (χ2v) is 8.54. The predicted molar refractivity (Wildman–Crippen MR) is 117 cm³/mol. The van der Waals surface area contributed by atoms with Crippen LogP contribution < -0.4 is 0 Å². The Kier molecular flexibility index (Phi) is 22.0. The molecule has 0 N–H and O–H groups in total. The van der Waals surface area contributed by atoms with Crippen LogP contribution in [0.1, 0.15) is 156 Å². The summed E-state index contributed by atoms with van der Waals surface area (Å²) in [7, 11) is 0. The summed E-state index contributed by atoms with van der Waals surface area (Å²) in [6.07, 6.45) is 30.8. The highest BCUT2D eigenvalue weighted by molar-refractivity contribution is 4.62. The SMILES string of the molecule is CCCCCCCCCCC(CCCCCCC)CCCCCCC. The Labute approximate surface area is 161 Å². The second kappa shape index (κ2) is 22.0. The van der Waals surface area contributed by atoms with Gasteiger partial charge in [-0.2, -0.15) is 0 Å². The first-order chi connectivity index (χ1) is 12.3. The highest BCUT2D eigenvalue weighted by Crippen LogP contribution is 2.24. The fourth-order valence-corrected chi connectivity index (χ4v) is 4.07. The van der Waals surface area contributed by atoms with Gasteiger partial charge in [0.1, 0.15) is 0 Å². The molecular weight excluding hydrogens is 300 g/mol. The first-order valence-electron chi connectivity index (χ1n) is 12.3. The molecule has 0 aromatic heterocycles. The summed E-state index contributed by atoms with van der Waals surface area (Å²) in [6, 6.07) is 0. The van der Waals surface area contributed by atoms with Crippen molar-refractivity contribution in [2.75, 3.05) is 0 Å². The lowest BCUT2D eigenvalue weighted by atomic mass is 9.89. The van der Waals surface area contributed by atoms with Crippen LogP contribution in [0.2, 0.25) is 0 Å². The average molecular weight is 353 g/mol. The van der Waals surface area contributed by atoms with Crippen LogP contribution in [0.25, 0.3) is 0 Å². The van der Waals surface area contributed by atoms with Crippen molar-refractivity contribution in [1.82, 2.24) is 0 Å². The van der Waals surface area contributed by atoms with Gasteiger partial charge in [-0.25, -0.2) is 0 Å². The van der Waals surface area contributed by atoms with Gasteiger partial charge in [0.15, 0.2) is 0 Å². The molecule has 25 heavy (non-hydrogen) atoms. The van der Waals surface area contributed by atoms with Crippen molar-refractivity contribution >= 4 is 0 Å².